The minimum atomic E-state index is -0.830. The van der Waals surface area contributed by atoms with Gasteiger partial charge in [0.2, 0.25) is 11.7 Å². The van der Waals surface area contributed by atoms with Crippen molar-refractivity contribution in [2.24, 2.45) is 11.3 Å². The van der Waals surface area contributed by atoms with Gasteiger partial charge in [0, 0.05) is 17.6 Å². The van der Waals surface area contributed by atoms with E-state index >= 15 is 0 Å². The molecule has 1 fully saturated rings. The number of carbonyl (C=O) groups is 4. The van der Waals surface area contributed by atoms with Gasteiger partial charge in [-0.15, -0.1) is 11.3 Å². The quantitative estimate of drug-likeness (QED) is 0.504. The normalized spacial score (nSPS) is 18.8. The number of hydrogen-bond acceptors (Lipinski definition) is 6. The minimum absolute atomic E-state index is 0.158. The van der Waals surface area contributed by atoms with Crippen LogP contribution in [0.25, 0.3) is 0 Å². The molecule has 3 unspecified atom stereocenters. The second-order valence-electron chi connectivity index (χ2n) is 9.17. The average molecular weight is 437 g/mol. The van der Waals surface area contributed by atoms with Crippen molar-refractivity contribution in [3.8, 4) is 0 Å². The molecule has 3 atom stereocenters. The number of carbonyl (C=O) groups excluding carboxylic acids is 4. The lowest BCUT2D eigenvalue weighted by molar-refractivity contribution is -0.138. The third-order valence-corrected chi connectivity index (χ3v) is 6.17. The number of ketones is 1. The highest BCUT2D eigenvalue weighted by Gasteiger charge is 2.40. The minimum Gasteiger partial charge on any atom is -0.331 e. The van der Waals surface area contributed by atoms with Gasteiger partial charge in [0.25, 0.3) is 0 Å². The summed E-state index contributed by atoms with van der Waals surface area (Å²) in [6.45, 7) is 11.5. The number of nitrogens with zero attached hydrogens (tertiary/aromatic N) is 2. The summed E-state index contributed by atoms with van der Waals surface area (Å²) in [6.07, 6.45) is 2.18. The third kappa shape index (κ3) is 5.65. The SMILES string of the molecule is Cc1csc(C(=O)C(NC(=O)NC(C(=O)N2CCCC2C=O)C(C)(C)C)C(C)C)n1. The van der Waals surface area contributed by atoms with Crippen LogP contribution in [0.15, 0.2) is 5.38 Å². The summed E-state index contributed by atoms with van der Waals surface area (Å²) < 4.78 is 0. The molecule has 0 radical (unpaired) electrons. The van der Waals surface area contributed by atoms with E-state index in [0.29, 0.717) is 18.0 Å². The number of rotatable bonds is 7. The number of Topliss-reactive ketones (excluding diaryl/α,β-unsaturated/α-hetero) is 1. The number of urea groups is 1. The van der Waals surface area contributed by atoms with Crippen LogP contribution in [-0.4, -0.2) is 58.6 Å². The third-order valence-electron chi connectivity index (χ3n) is 5.19. The maximum absolute atomic E-state index is 13.1. The number of likely N-dealkylation sites (tertiary alicyclic amines) is 1. The molecule has 30 heavy (non-hydrogen) atoms. The number of aromatic nitrogens is 1. The lowest BCUT2D eigenvalue weighted by atomic mass is 9.85. The Morgan fingerprint density at radius 3 is 2.43 bits per heavy atom. The van der Waals surface area contributed by atoms with Gasteiger partial charge in [-0.05, 0) is 31.1 Å². The Labute approximate surface area is 181 Å². The molecule has 2 N–H and O–H groups in total. The molecule has 1 saturated heterocycles. The van der Waals surface area contributed by atoms with Gasteiger partial charge in [0.1, 0.15) is 12.3 Å². The second-order valence-corrected chi connectivity index (χ2v) is 10.0. The predicted octanol–water partition coefficient (Wildman–Crippen LogP) is 2.56. The van der Waals surface area contributed by atoms with Gasteiger partial charge >= 0.3 is 6.03 Å². The van der Waals surface area contributed by atoms with E-state index in [2.05, 4.69) is 15.6 Å². The molecule has 2 heterocycles. The van der Waals surface area contributed by atoms with Crippen LogP contribution in [0.5, 0.6) is 0 Å². The zero-order chi connectivity index (χ0) is 22.6. The number of hydrogen-bond donors (Lipinski definition) is 2. The lowest BCUT2D eigenvalue weighted by Crippen LogP contribution is -2.59. The van der Waals surface area contributed by atoms with Gasteiger partial charge < -0.3 is 20.3 Å². The number of amides is 3. The van der Waals surface area contributed by atoms with Crippen molar-refractivity contribution in [1.82, 2.24) is 20.5 Å². The van der Waals surface area contributed by atoms with Crippen LogP contribution in [0, 0.1) is 18.3 Å². The van der Waals surface area contributed by atoms with E-state index < -0.39 is 29.6 Å². The van der Waals surface area contributed by atoms with Crippen molar-refractivity contribution >= 4 is 35.3 Å². The van der Waals surface area contributed by atoms with E-state index in [4.69, 9.17) is 0 Å². The fourth-order valence-corrected chi connectivity index (χ4v) is 4.25. The van der Waals surface area contributed by atoms with Crippen LogP contribution in [0.1, 0.15) is 63.0 Å². The highest BCUT2D eigenvalue weighted by Crippen LogP contribution is 2.25. The first-order chi connectivity index (χ1) is 14.0. The summed E-state index contributed by atoms with van der Waals surface area (Å²) in [5.41, 5.74) is 0.179. The smallest absolute Gasteiger partial charge is 0.316 e. The zero-order valence-corrected chi connectivity index (χ0v) is 19.3. The molecule has 3 amide bonds. The van der Waals surface area contributed by atoms with E-state index in [-0.39, 0.29) is 17.6 Å². The van der Waals surface area contributed by atoms with E-state index in [0.717, 1.165) is 18.4 Å². The second kappa shape index (κ2) is 9.68. The molecule has 8 nitrogen and oxygen atoms in total. The van der Waals surface area contributed by atoms with E-state index in [1.807, 2.05) is 41.5 Å². The molecule has 1 aliphatic rings. The van der Waals surface area contributed by atoms with Crippen LogP contribution < -0.4 is 10.6 Å². The van der Waals surface area contributed by atoms with Gasteiger partial charge in [0.15, 0.2) is 5.01 Å². The maximum Gasteiger partial charge on any atom is 0.316 e. The molecular formula is C21H32N4O4S. The van der Waals surface area contributed by atoms with Gasteiger partial charge in [-0.25, -0.2) is 9.78 Å². The van der Waals surface area contributed by atoms with Crippen molar-refractivity contribution in [2.45, 2.75) is 72.5 Å². The molecule has 166 valence electrons. The average Bonchev–Trinajstić information content (AvgIpc) is 3.30. The molecule has 1 aliphatic heterocycles. The van der Waals surface area contributed by atoms with Crippen LogP contribution in [0.3, 0.4) is 0 Å². The first kappa shape index (κ1) is 24.0. The van der Waals surface area contributed by atoms with Gasteiger partial charge in [0.05, 0.1) is 12.1 Å². The highest BCUT2D eigenvalue weighted by molar-refractivity contribution is 7.11. The molecule has 0 aromatic carbocycles. The summed E-state index contributed by atoms with van der Waals surface area (Å²) in [5, 5.41) is 7.61. The van der Waals surface area contributed by atoms with Crippen LogP contribution in [0.2, 0.25) is 0 Å². The van der Waals surface area contributed by atoms with Crippen molar-refractivity contribution < 1.29 is 19.2 Å². The topological polar surface area (TPSA) is 108 Å². The van der Waals surface area contributed by atoms with Gasteiger partial charge in [-0.2, -0.15) is 0 Å². The molecule has 1 aromatic rings. The molecular weight excluding hydrogens is 404 g/mol. The van der Waals surface area contributed by atoms with Crippen LogP contribution in [-0.2, 0) is 9.59 Å². The number of nitrogens with one attached hydrogen (secondary N) is 2. The standard InChI is InChI=1S/C21H32N4O4S/c1-12(2)15(16(27)18-22-13(3)11-30-18)23-20(29)24-17(21(4,5)6)19(28)25-9-7-8-14(25)10-26/h10-12,14-15,17H,7-9H2,1-6H3,(H2,23,24,29). The summed E-state index contributed by atoms with van der Waals surface area (Å²) in [4.78, 5) is 55.8. The van der Waals surface area contributed by atoms with E-state index in [1.54, 1.807) is 5.38 Å². The molecule has 2 rings (SSSR count). The Hall–Kier alpha value is -2.29. The molecule has 0 spiro atoms. The van der Waals surface area contributed by atoms with Gasteiger partial charge in [-0.1, -0.05) is 34.6 Å². The molecule has 0 bridgehead atoms. The van der Waals surface area contributed by atoms with E-state index in [9.17, 15) is 19.2 Å². The van der Waals surface area contributed by atoms with Crippen molar-refractivity contribution in [1.29, 1.82) is 0 Å². The largest absolute Gasteiger partial charge is 0.331 e. The highest BCUT2D eigenvalue weighted by atomic mass is 32.1. The Balaban J connectivity index is 2.15. The molecule has 0 aliphatic carbocycles. The summed E-state index contributed by atoms with van der Waals surface area (Å²) in [5.74, 6) is -0.693. The Morgan fingerprint density at radius 2 is 1.93 bits per heavy atom. The van der Waals surface area contributed by atoms with Crippen LogP contribution >= 0.6 is 11.3 Å². The fourth-order valence-electron chi connectivity index (χ4n) is 3.47. The number of aldehydes is 1. The monoisotopic (exact) mass is 436 g/mol. The Morgan fingerprint density at radius 1 is 1.27 bits per heavy atom. The fraction of sp³-hybridized carbons (Fsp3) is 0.667. The van der Waals surface area contributed by atoms with Gasteiger partial charge in [-0.3, -0.25) is 9.59 Å². The summed E-state index contributed by atoms with van der Waals surface area (Å²) >= 11 is 1.25. The van der Waals surface area contributed by atoms with Crippen molar-refractivity contribution in [3.05, 3.63) is 16.1 Å². The molecule has 1 aromatic heterocycles. The first-order valence-electron chi connectivity index (χ1n) is 10.2. The Bertz CT molecular complexity index is 799. The molecule has 0 saturated carbocycles. The first-order valence-corrected chi connectivity index (χ1v) is 11.1. The zero-order valence-electron chi connectivity index (χ0n) is 18.5. The maximum atomic E-state index is 13.1. The number of thiazole rings is 1. The lowest BCUT2D eigenvalue weighted by Gasteiger charge is -2.35. The summed E-state index contributed by atoms with van der Waals surface area (Å²) in [7, 11) is 0. The molecule has 9 heteroatoms. The van der Waals surface area contributed by atoms with Crippen LogP contribution in [0.4, 0.5) is 4.79 Å². The predicted molar refractivity (Wildman–Crippen MR) is 116 cm³/mol. The number of aryl methyl sites for hydroxylation is 1. The van der Waals surface area contributed by atoms with Crippen molar-refractivity contribution in [3.63, 3.8) is 0 Å². The summed E-state index contributed by atoms with van der Waals surface area (Å²) in [6, 6.07) is -2.64. The Kier molecular flexibility index (Phi) is 7.74. The van der Waals surface area contributed by atoms with E-state index in [1.165, 1.54) is 16.2 Å². The van der Waals surface area contributed by atoms with Crippen molar-refractivity contribution in [2.75, 3.05) is 6.54 Å².